The van der Waals surface area contributed by atoms with Crippen molar-refractivity contribution in [1.82, 2.24) is 0 Å². The molecule has 0 fully saturated rings. The molecule has 0 aromatic rings. The molecule has 3 heteroatoms. The number of nitrogens with one attached hydrogen (secondary N) is 1. The zero-order valence-corrected chi connectivity index (χ0v) is 4.60. The number of rotatable bonds is 1. The third kappa shape index (κ3) is 5.27. The first kappa shape index (κ1) is 6.27. The predicted molar refractivity (Wildman–Crippen MR) is 28.8 cm³/mol. The van der Waals surface area contributed by atoms with Crippen molar-refractivity contribution in [2.75, 3.05) is 6.54 Å². The van der Waals surface area contributed by atoms with E-state index >= 15 is 0 Å². The second kappa shape index (κ2) is 3.46. The van der Waals surface area contributed by atoms with E-state index in [9.17, 15) is 0 Å². The summed E-state index contributed by atoms with van der Waals surface area (Å²) >= 11 is 0. The molecule has 1 N–H and O–H groups in total. The molecule has 0 aliphatic carbocycles. The summed E-state index contributed by atoms with van der Waals surface area (Å²) in [4.78, 5) is 0. The minimum atomic E-state index is 0.266. The van der Waals surface area contributed by atoms with E-state index in [0.717, 1.165) is 0 Å². The van der Waals surface area contributed by atoms with Gasteiger partial charge in [0.25, 0.3) is 0 Å². The van der Waals surface area contributed by atoms with Crippen LogP contribution in [0.3, 0.4) is 0 Å². The lowest BCUT2D eigenvalue weighted by molar-refractivity contribution is 1.01. The highest BCUT2D eigenvalue weighted by atomic mass is 15.1. The molecular weight excluding hydrogens is 90.1 g/mol. The number of azo groups is 1. The summed E-state index contributed by atoms with van der Waals surface area (Å²) in [5.41, 5.74) is 0. The molecule has 0 atom stereocenters. The molecule has 3 nitrogen and oxygen atoms in total. The lowest BCUT2D eigenvalue weighted by atomic mass is 10.7. The highest BCUT2D eigenvalue weighted by molar-refractivity contribution is 5.76. The van der Waals surface area contributed by atoms with Crippen molar-refractivity contribution in [3.8, 4) is 0 Å². The van der Waals surface area contributed by atoms with E-state index in [2.05, 4.69) is 10.2 Å². The Hall–Kier alpha value is -0.730. The average Bonchev–Trinajstić information content (AvgIpc) is 1.61. The molecule has 7 heavy (non-hydrogen) atoms. The summed E-state index contributed by atoms with van der Waals surface area (Å²) in [5, 5.41) is 13.8. The summed E-state index contributed by atoms with van der Waals surface area (Å²) in [7, 11) is 0. The van der Waals surface area contributed by atoms with Gasteiger partial charge in [-0.2, -0.15) is 5.11 Å². The third-order valence-electron chi connectivity index (χ3n) is 0.362. The standard InChI is InChI=1S/C4H9N3/c1-3-6-7-4(2)5/h5H,3H2,1-2H3. The monoisotopic (exact) mass is 99.1 g/mol. The smallest absolute Gasteiger partial charge is 0.139 e. The van der Waals surface area contributed by atoms with Crippen LogP contribution in [0.1, 0.15) is 13.8 Å². The Kier molecular flexibility index (Phi) is 3.10. The minimum Gasteiger partial charge on any atom is -0.285 e. The van der Waals surface area contributed by atoms with Crippen LogP contribution in [0.25, 0.3) is 0 Å². The van der Waals surface area contributed by atoms with Gasteiger partial charge in [0.05, 0.1) is 6.54 Å². The second-order valence-electron chi connectivity index (χ2n) is 1.14. The molecule has 0 aliphatic rings. The predicted octanol–water partition coefficient (Wildman–Crippen LogP) is 1.46. The van der Waals surface area contributed by atoms with E-state index in [1.54, 1.807) is 6.92 Å². The lowest BCUT2D eigenvalue weighted by Crippen LogP contribution is -1.76. The zero-order chi connectivity index (χ0) is 5.70. The Morgan fingerprint density at radius 3 is 2.43 bits per heavy atom. The fourth-order valence-electron chi connectivity index (χ4n) is 0.177. The van der Waals surface area contributed by atoms with Gasteiger partial charge >= 0.3 is 0 Å². The van der Waals surface area contributed by atoms with Gasteiger partial charge in [-0.25, -0.2) is 0 Å². The summed E-state index contributed by atoms with van der Waals surface area (Å²) < 4.78 is 0. The van der Waals surface area contributed by atoms with E-state index in [1.165, 1.54) is 0 Å². The average molecular weight is 99.1 g/mol. The van der Waals surface area contributed by atoms with Crippen molar-refractivity contribution < 1.29 is 0 Å². The van der Waals surface area contributed by atoms with Crippen molar-refractivity contribution in [2.45, 2.75) is 13.8 Å². The van der Waals surface area contributed by atoms with Crippen LogP contribution in [0.5, 0.6) is 0 Å². The van der Waals surface area contributed by atoms with Crippen LogP contribution >= 0.6 is 0 Å². The molecule has 0 aliphatic heterocycles. The van der Waals surface area contributed by atoms with Crippen molar-refractivity contribution in [3.05, 3.63) is 0 Å². The maximum atomic E-state index is 6.74. The fraction of sp³-hybridized carbons (Fsp3) is 0.750. The van der Waals surface area contributed by atoms with Crippen LogP contribution < -0.4 is 0 Å². The molecule has 0 heterocycles. The Labute approximate surface area is 43.0 Å². The Morgan fingerprint density at radius 1 is 1.71 bits per heavy atom. The summed E-state index contributed by atoms with van der Waals surface area (Å²) in [6, 6.07) is 0. The van der Waals surface area contributed by atoms with Gasteiger partial charge in [-0.05, 0) is 13.8 Å². The van der Waals surface area contributed by atoms with E-state index in [1.807, 2.05) is 6.92 Å². The fourth-order valence-corrected chi connectivity index (χ4v) is 0.177. The quantitative estimate of drug-likeness (QED) is 0.294. The molecule has 0 aromatic heterocycles. The summed E-state index contributed by atoms with van der Waals surface area (Å²) in [5.74, 6) is 0.266. The van der Waals surface area contributed by atoms with Crippen LogP contribution in [0.2, 0.25) is 0 Å². The molecular formula is C4H9N3. The van der Waals surface area contributed by atoms with Gasteiger partial charge in [-0.3, -0.25) is 5.41 Å². The van der Waals surface area contributed by atoms with Crippen molar-refractivity contribution >= 4 is 5.84 Å². The Bertz CT molecular complexity index is 84.9. The Balaban J connectivity index is 3.26. The molecule has 0 saturated heterocycles. The number of amidine groups is 1. The largest absolute Gasteiger partial charge is 0.285 e. The summed E-state index contributed by atoms with van der Waals surface area (Å²) in [6.45, 7) is 4.14. The molecule has 0 saturated carbocycles. The molecule has 40 valence electrons. The van der Waals surface area contributed by atoms with Crippen molar-refractivity contribution in [1.29, 1.82) is 5.41 Å². The number of hydrogen-bond donors (Lipinski definition) is 1. The molecule has 0 spiro atoms. The molecule has 0 bridgehead atoms. The molecule has 0 radical (unpaired) electrons. The van der Waals surface area contributed by atoms with Gasteiger partial charge in [0.1, 0.15) is 5.84 Å². The second-order valence-corrected chi connectivity index (χ2v) is 1.14. The number of hydrogen-bond acceptors (Lipinski definition) is 2. The van der Waals surface area contributed by atoms with Gasteiger partial charge in [0.15, 0.2) is 0 Å². The molecule has 0 aromatic carbocycles. The molecule has 0 amide bonds. The van der Waals surface area contributed by atoms with Crippen LogP contribution in [0.15, 0.2) is 10.2 Å². The van der Waals surface area contributed by atoms with Crippen LogP contribution in [-0.4, -0.2) is 12.4 Å². The highest BCUT2D eigenvalue weighted by Crippen LogP contribution is 1.74. The SMILES string of the molecule is CCN=NC(C)=N. The first-order chi connectivity index (χ1) is 3.27. The van der Waals surface area contributed by atoms with Gasteiger partial charge in [-0.1, -0.05) is 0 Å². The first-order valence-corrected chi connectivity index (χ1v) is 2.20. The van der Waals surface area contributed by atoms with Gasteiger partial charge in [-0.15, -0.1) is 5.11 Å². The van der Waals surface area contributed by atoms with Gasteiger partial charge < -0.3 is 0 Å². The maximum Gasteiger partial charge on any atom is 0.139 e. The van der Waals surface area contributed by atoms with Crippen molar-refractivity contribution in [2.24, 2.45) is 10.2 Å². The topological polar surface area (TPSA) is 48.6 Å². The minimum absolute atomic E-state index is 0.266. The van der Waals surface area contributed by atoms with E-state index in [0.29, 0.717) is 6.54 Å². The van der Waals surface area contributed by atoms with Crippen LogP contribution in [0, 0.1) is 5.41 Å². The Morgan fingerprint density at radius 2 is 2.29 bits per heavy atom. The first-order valence-electron chi connectivity index (χ1n) is 2.20. The lowest BCUT2D eigenvalue weighted by Gasteiger charge is -1.77. The normalized spacial score (nSPS) is 10.0. The van der Waals surface area contributed by atoms with E-state index in [4.69, 9.17) is 5.41 Å². The van der Waals surface area contributed by atoms with Crippen molar-refractivity contribution in [3.63, 3.8) is 0 Å². The zero-order valence-electron chi connectivity index (χ0n) is 4.60. The van der Waals surface area contributed by atoms with Crippen LogP contribution in [-0.2, 0) is 0 Å². The van der Waals surface area contributed by atoms with E-state index < -0.39 is 0 Å². The third-order valence-corrected chi connectivity index (χ3v) is 0.362. The molecule has 0 unspecified atom stereocenters. The molecule has 0 rings (SSSR count). The highest BCUT2D eigenvalue weighted by Gasteiger charge is 1.72. The summed E-state index contributed by atoms with van der Waals surface area (Å²) in [6.07, 6.45) is 0. The number of nitrogens with zero attached hydrogens (tertiary/aromatic N) is 2. The van der Waals surface area contributed by atoms with Gasteiger partial charge in [0, 0.05) is 0 Å². The maximum absolute atomic E-state index is 6.74. The van der Waals surface area contributed by atoms with Crippen LogP contribution in [0.4, 0.5) is 0 Å². The van der Waals surface area contributed by atoms with E-state index in [-0.39, 0.29) is 5.84 Å². The van der Waals surface area contributed by atoms with Gasteiger partial charge in [0.2, 0.25) is 0 Å².